The van der Waals surface area contributed by atoms with Crippen molar-refractivity contribution in [3.05, 3.63) is 48.4 Å². The van der Waals surface area contributed by atoms with Crippen LogP contribution < -0.4 is 10.2 Å². The van der Waals surface area contributed by atoms with Crippen LogP contribution in [-0.4, -0.2) is 28.5 Å². The molecule has 3 aromatic rings. The van der Waals surface area contributed by atoms with Gasteiger partial charge in [-0.1, -0.05) is 0 Å². The van der Waals surface area contributed by atoms with Gasteiger partial charge < -0.3 is 14.6 Å². The van der Waals surface area contributed by atoms with Crippen molar-refractivity contribution in [3.63, 3.8) is 0 Å². The van der Waals surface area contributed by atoms with Gasteiger partial charge in [0.05, 0.1) is 17.8 Å². The molecule has 2 heterocycles. The Morgan fingerprint density at radius 3 is 2.71 bits per heavy atom. The van der Waals surface area contributed by atoms with Gasteiger partial charge in [-0.05, 0) is 24.3 Å². The summed E-state index contributed by atoms with van der Waals surface area (Å²) in [6, 6.07) is 9.48. The van der Waals surface area contributed by atoms with Crippen molar-refractivity contribution in [1.82, 2.24) is 14.4 Å². The molecule has 0 unspecified atom stereocenters. The monoisotopic (exact) mass is 278 g/mol. The van der Waals surface area contributed by atoms with Crippen LogP contribution in [0.15, 0.2) is 42.9 Å². The van der Waals surface area contributed by atoms with Gasteiger partial charge >= 0.3 is 0 Å². The molecule has 0 aliphatic rings. The molecule has 0 fully saturated rings. The van der Waals surface area contributed by atoms with Gasteiger partial charge in [-0.2, -0.15) is 5.26 Å². The summed E-state index contributed by atoms with van der Waals surface area (Å²) in [5.41, 5.74) is 2.36. The third-order valence-corrected chi connectivity index (χ3v) is 3.31. The SMILES string of the molecule is CNc1cn2ccnc2c(N(C)c2ccc(C#N)cc2)n1. The molecule has 6 heteroatoms. The fraction of sp³-hybridized carbons (Fsp3) is 0.133. The largest absolute Gasteiger partial charge is 0.372 e. The highest BCUT2D eigenvalue weighted by Crippen LogP contribution is 2.26. The minimum atomic E-state index is 0.634. The third kappa shape index (κ3) is 2.25. The zero-order valence-corrected chi connectivity index (χ0v) is 11.8. The quantitative estimate of drug-likeness (QED) is 0.796. The fourth-order valence-electron chi connectivity index (χ4n) is 2.14. The number of nitriles is 1. The minimum absolute atomic E-state index is 0.634. The summed E-state index contributed by atoms with van der Waals surface area (Å²) >= 11 is 0. The zero-order valence-electron chi connectivity index (χ0n) is 11.8. The van der Waals surface area contributed by atoms with Crippen molar-refractivity contribution < 1.29 is 0 Å². The summed E-state index contributed by atoms with van der Waals surface area (Å²) in [4.78, 5) is 10.9. The van der Waals surface area contributed by atoms with Gasteiger partial charge in [-0.15, -0.1) is 0 Å². The first-order valence-corrected chi connectivity index (χ1v) is 6.48. The van der Waals surface area contributed by atoms with Gasteiger partial charge in [0.25, 0.3) is 0 Å². The average molecular weight is 278 g/mol. The molecule has 0 aliphatic carbocycles. The molecule has 6 nitrogen and oxygen atoms in total. The van der Waals surface area contributed by atoms with Crippen LogP contribution in [0.1, 0.15) is 5.56 Å². The van der Waals surface area contributed by atoms with E-state index >= 15 is 0 Å². The van der Waals surface area contributed by atoms with Crippen LogP contribution >= 0.6 is 0 Å². The first kappa shape index (κ1) is 12.9. The number of anilines is 3. The Balaban J connectivity index is 2.09. The number of nitrogens with zero attached hydrogens (tertiary/aromatic N) is 5. The predicted octanol–water partition coefficient (Wildman–Crippen LogP) is 2.41. The smallest absolute Gasteiger partial charge is 0.180 e. The highest BCUT2D eigenvalue weighted by atomic mass is 15.2. The molecule has 0 bridgehead atoms. The van der Waals surface area contributed by atoms with Crippen molar-refractivity contribution in [2.45, 2.75) is 0 Å². The van der Waals surface area contributed by atoms with Crippen LogP contribution in [0.3, 0.4) is 0 Å². The molecule has 0 spiro atoms. The third-order valence-electron chi connectivity index (χ3n) is 3.31. The van der Waals surface area contributed by atoms with Crippen molar-refractivity contribution in [1.29, 1.82) is 5.26 Å². The Morgan fingerprint density at radius 1 is 1.29 bits per heavy atom. The van der Waals surface area contributed by atoms with Gasteiger partial charge in [0.15, 0.2) is 11.5 Å². The summed E-state index contributed by atoms with van der Waals surface area (Å²) in [7, 11) is 3.76. The Morgan fingerprint density at radius 2 is 2.05 bits per heavy atom. The molecule has 0 amide bonds. The Labute approximate surface area is 122 Å². The Hall–Kier alpha value is -3.07. The second-order valence-corrected chi connectivity index (χ2v) is 4.58. The van der Waals surface area contributed by atoms with E-state index in [1.54, 1.807) is 18.3 Å². The molecule has 1 N–H and O–H groups in total. The van der Waals surface area contributed by atoms with Crippen molar-refractivity contribution in [3.8, 4) is 6.07 Å². The first-order valence-electron chi connectivity index (χ1n) is 6.48. The van der Waals surface area contributed by atoms with E-state index in [2.05, 4.69) is 21.4 Å². The number of rotatable bonds is 3. The number of nitrogens with one attached hydrogen (secondary N) is 1. The number of fused-ring (bicyclic) bond motifs is 1. The van der Waals surface area contributed by atoms with Crippen LogP contribution in [0.25, 0.3) is 5.65 Å². The lowest BCUT2D eigenvalue weighted by Gasteiger charge is -2.19. The van der Waals surface area contributed by atoms with Gasteiger partial charge in [0.2, 0.25) is 0 Å². The van der Waals surface area contributed by atoms with Crippen LogP contribution in [0.4, 0.5) is 17.3 Å². The number of hydrogen-bond donors (Lipinski definition) is 1. The summed E-state index contributed by atoms with van der Waals surface area (Å²) < 4.78 is 1.92. The zero-order chi connectivity index (χ0) is 14.8. The summed E-state index contributed by atoms with van der Waals surface area (Å²) in [5.74, 6) is 1.51. The van der Waals surface area contributed by atoms with E-state index in [1.807, 2.05) is 47.9 Å². The van der Waals surface area contributed by atoms with Gasteiger partial charge in [0, 0.05) is 32.2 Å². The Kier molecular flexibility index (Phi) is 3.16. The van der Waals surface area contributed by atoms with E-state index in [4.69, 9.17) is 5.26 Å². The van der Waals surface area contributed by atoms with Crippen molar-refractivity contribution in [2.24, 2.45) is 0 Å². The predicted molar refractivity (Wildman–Crippen MR) is 81.8 cm³/mol. The molecular formula is C15H14N6. The molecule has 21 heavy (non-hydrogen) atoms. The van der Waals surface area contributed by atoms with E-state index in [0.717, 1.165) is 23.0 Å². The molecule has 3 rings (SSSR count). The average Bonchev–Trinajstić information content (AvgIpc) is 3.01. The maximum atomic E-state index is 8.87. The molecular weight excluding hydrogens is 264 g/mol. The normalized spacial score (nSPS) is 10.3. The maximum absolute atomic E-state index is 8.87. The van der Waals surface area contributed by atoms with Crippen molar-refractivity contribution in [2.75, 3.05) is 24.3 Å². The lowest BCUT2D eigenvalue weighted by Crippen LogP contribution is -2.14. The summed E-state index contributed by atoms with van der Waals surface area (Å²) in [5, 5.41) is 11.9. The van der Waals surface area contributed by atoms with Gasteiger partial charge in [0.1, 0.15) is 5.82 Å². The highest BCUT2D eigenvalue weighted by Gasteiger charge is 2.13. The van der Waals surface area contributed by atoms with Gasteiger partial charge in [-0.3, -0.25) is 0 Å². The molecule has 0 atom stereocenters. The van der Waals surface area contributed by atoms with E-state index < -0.39 is 0 Å². The molecule has 0 aliphatic heterocycles. The van der Waals surface area contributed by atoms with Crippen LogP contribution in [0.5, 0.6) is 0 Å². The van der Waals surface area contributed by atoms with E-state index in [0.29, 0.717) is 5.56 Å². The van der Waals surface area contributed by atoms with E-state index in [9.17, 15) is 0 Å². The number of hydrogen-bond acceptors (Lipinski definition) is 5. The maximum Gasteiger partial charge on any atom is 0.180 e. The molecule has 0 radical (unpaired) electrons. The molecule has 1 aromatic carbocycles. The summed E-state index contributed by atoms with van der Waals surface area (Å²) in [6.45, 7) is 0. The molecule has 0 saturated carbocycles. The number of imidazole rings is 1. The summed E-state index contributed by atoms with van der Waals surface area (Å²) in [6.07, 6.45) is 5.51. The van der Waals surface area contributed by atoms with Gasteiger partial charge in [-0.25, -0.2) is 9.97 Å². The topological polar surface area (TPSA) is 69.2 Å². The van der Waals surface area contributed by atoms with E-state index in [-0.39, 0.29) is 0 Å². The Bertz CT molecular complexity index is 812. The minimum Gasteiger partial charge on any atom is -0.372 e. The van der Waals surface area contributed by atoms with E-state index in [1.165, 1.54) is 0 Å². The second kappa shape index (κ2) is 5.13. The molecule has 2 aromatic heterocycles. The van der Waals surface area contributed by atoms with Crippen molar-refractivity contribution >= 4 is 23.0 Å². The fourth-order valence-corrected chi connectivity index (χ4v) is 2.14. The van der Waals surface area contributed by atoms with Crippen LogP contribution in [0, 0.1) is 11.3 Å². The lowest BCUT2D eigenvalue weighted by molar-refractivity contribution is 1.06. The number of benzene rings is 1. The second-order valence-electron chi connectivity index (χ2n) is 4.58. The first-order chi connectivity index (χ1) is 10.2. The standard InChI is InChI=1S/C15H14N6/c1-17-13-10-21-8-7-18-14(21)15(19-13)20(2)12-5-3-11(9-16)4-6-12/h3-8,10,17H,1-2H3. The van der Waals surface area contributed by atoms with Crippen LogP contribution in [0.2, 0.25) is 0 Å². The lowest BCUT2D eigenvalue weighted by atomic mass is 10.2. The molecule has 0 saturated heterocycles. The number of aromatic nitrogens is 3. The highest BCUT2D eigenvalue weighted by molar-refractivity contribution is 5.73. The van der Waals surface area contributed by atoms with Crippen LogP contribution in [-0.2, 0) is 0 Å². The molecule has 104 valence electrons.